The Labute approximate surface area is 76.8 Å². The molecule has 0 saturated heterocycles. The van der Waals surface area contributed by atoms with E-state index >= 15 is 0 Å². The standard InChI is InChI=1S/C11H12O2/c1-3-8-6-9-7(2)4-5-10(12)11(9)13-8/h4-6,12H,3H2,1-2H3. The van der Waals surface area contributed by atoms with Crippen molar-refractivity contribution >= 4 is 11.0 Å². The van der Waals surface area contributed by atoms with Crippen molar-refractivity contribution in [3.63, 3.8) is 0 Å². The van der Waals surface area contributed by atoms with Crippen molar-refractivity contribution in [2.24, 2.45) is 0 Å². The molecule has 0 bridgehead atoms. The summed E-state index contributed by atoms with van der Waals surface area (Å²) in [6.07, 6.45) is 0.855. The fourth-order valence-electron chi connectivity index (χ4n) is 1.47. The molecule has 2 heteroatoms. The normalized spacial score (nSPS) is 10.9. The van der Waals surface area contributed by atoms with E-state index in [9.17, 15) is 5.11 Å². The van der Waals surface area contributed by atoms with Crippen LogP contribution in [0.5, 0.6) is 5.75 Å². The summed E-state index contributed by atoms with van der Waals surface area (Å²) in [5.74, 6) is 1.14. The highest BCUT2D eigenvalue weighted by molar-refractivity contribution is 5.86. The van der Waals surface area contributed by atoms with Crippen LogP contribution in [0.3, 0.4) is 0 Å². The Hall–Kier alpha value is -1.44. The molecule has 1 aromatic carbocycles. The highest BCUT2D eigenvalue weighted by atomic mass is 16.4. The predicted molar refractivity (Wildman–Crippen MR) is 52.0 cm³/mol. The third-order valence-corrected chi connectivity index (χ3v) is 2.28. The summed E-state index contributed by atoms with van der Waals surface area (Å²) in [7, 11) is 0. The maximum absolute atomic E-state index is 9.51. The number of fused-ring (bicyclic) bond motifs is 1. The van der Waals surface area contributed by atoms with Crippen molar-refractivity contribution in [1.82, 2.24) is 0 Å². The molecule has 1 N–H and O–H groups in total. The minimum Gasteiger partial charge on any atom is -0.504 e. The number of phenols is 1. The van der Waals surface area contributed by atoms with Gasteiger partial charge in [0.1, 0.15) is 5.76 Å². The lowest BCUT2D eigenvalue weighted by molar-refractivity contribution is 0.458. The van der Waals surface area contributed by atoms with Crippen LogP contribution in [0, 0.1) is 6.92 Å². The Bertz CT molecular complexity index is 402. The molecule has 1 heterocycles. The summed E-state index contributed by atoms with van der Waals surface area (Å²) in [5.41, 5.74) is 1.74. The lowest BCUT2D eigenvalue weighted by Gasteiger charge is -1.95. The van der Waals surface area contributed by atoms with Gasteiger partial charge in [0.25, 0.3) is 0 Å². The zero-order valence-corrected chi connectivity index (χ0v) is 7.79. The van der Waals surface area contributed by atoms with Gasteiger partial charge in [0.15, 0.2) is 11.3 Å². The number of rotatable bonds is 1. The highest BCUT2D eigenvalue weighted by Gasteiger charge is 2.08. The minimum atomic E-state index is 0.223. The number of benzene rings is 1. The van der Waals surface area contributed by atoms with E-state index in [1.165, 1.54) is 0 Å². The Kier molecular flexibility index (Phi) is 1.76. The molecule has 0 amide bonds. The minimum absolute atomic E-state index is 0.223. The molecule has 0 saturated carbocycles. The van der Waals surface area contributed by atoms with Crippen molar-refractivity contribution in [1.29, 1.82) is 0 Å². The van der Waals surface area contributed by atoms with Gasteiger partial charge in [-0.05, 0) is 24.6 Å². The lowest BCUT2D eigenvalue weighted by atomic mass is 10.1. The molecule has 1 aromatic heterocycles. The highest BCUT2D eigenvalue weighted by Crippen LogP contribution is 2.30. The average molecular weight is 176 g/mol. The maximum atomic E-state index is 9.51. The van der Waals surface area contributed by atoms with Gasteiger partial charge in [0, 0.05) is 11.8 Å². The number of phenolic OH excluding ortho intramolecular Hbond substituents is 1. The SMILES string of the molecule is CCc1cc2c(C)ccc(O)c2o1. The maximum Gasteiger partial charge on any atom is 0.176 e. The average Bonchev–Trinajstić information content (AvgIpc) is 2.56. The zero-order chi connectivity index (χ0) is 9.42. The van der Waals surface area contributed by atoms with E-state index in [0.717, 1.165) is 23.1 Å². The number of aromatic hydroxyl groups is 1. The van der Waals surface area contributed by atoms with Crippen molar-refractivity contribution in [3.05, 3.63) is 29.5 Å². The second-order valence-electron chi connectivity index (χ2n) is 3.21. The van der Waals surface area contributed by atoms with Crippen molar-refractivity contribution < 1.29 is 9.52 Å². The molecule has 2 nitrogen and oxygen atoms in total. The van der Waals surface area contributed by atoms with Crippen molar-refractivity contribution in [2.75, 3.05) is 0 Å². The molecular formula is C11H12O2. The molecule has 0 spiro atoms. The first-order valence-electron chi connectivity index (χ1n) is 4.43. The molecular weight excluding hydrogens is 164 g/mol. The predicted octanol–water partition coefficient (Wildman–Crippen LogP) is 3.01. The lowest BCUT2D eigenvalue weighted by Crippen LogP contribution is -1.72. The van der Waals surface area contributed by atoms with E-state index in [2.05, 4.69) is 0 Å². The van der Waals surface area contributed by atoms with E-state index < -0.39 is 0 Å². The van der Waals surface area contributed by atoms with Crippen LogP contribution < -0.4 is 0 Å². The van der Waals surface area contributed by atoms with Crippen LogP contribution in [0.4, 0.5) is 0 Å². The third kappa shape index (κ3) is 1.18. The van der Waals surface area contributed by atoms with Crippen LogP contribution in [0.15, 0.2) is 22.6 Å². The van der Waals surface area contributed by atoms with Crippen LogP contribution in [-0.2, 0) is 6.42 Å². The second-order valence-corrected chi connectivity index (χ2v) is 3.21. The summed E-state index contributed by atoms with van der Waals surface area (Å²) in [5, 5.41) is 10.5. The van der Waals surface area contributed by atoms with Gasteiger partial charge in [0.05, 0.1) is 0 Å². The Balaban J connectivity index is 2.80. The first-order valence-corrected chi connectivity index (χ1v) is 4.43. The summed E-state index contributed by atoms with van der Waals surface area (Å²) < 4.78 is 5.48. The molecule has 0 aliphatic rings. The molecule has 2 aromatic rings. The molecule has 2 rings (SSSR count). The summed E-state index contributed by atoms with van der Waals surface area (Å²) in [6, 6.07) is 5.55. The van der Waals surface area contributed by atoms with Crippen LogP contribution >= 0.6 is 0 Å². The largest absolute Gasteiger partial charge is 0.504 e. The first-order chi connectivity index (χ1) is 6.22. The molecule has 0 aliphatic heterocycles. The van der Waals surface area contributed by atoms with Gasteiger partial charge in [-0.15, -0.1) is 0 Å². The number of furan rings is 1. The number of hydrogen-bond donors (Lipinski definition) is 1. The number of hydrogen-bond acceptors (Lipinski definition) is 2. The second kappa shape index (κ2) is 2.80. The van der Waals surface area contributed by atoms with E-state index in [-0.39, 0.29) is 5.75 Å². The van der Waals surface area contributed by atoms with E-state index in [4.69, 9.17) is 4.42 Å². The van der Waals surface area contributed by atoms with Gasteiger partial charge in [-0.25, -0.2) is 0 Å². The van der Waals surface area contributed by atoms with Crippen LogP contribution in [0.1, 0.15) is 18.2 Å². The molecule has 13 heavy (non-hydrogen) atoms. The van der Waals surface area contributed by atoms with E-state index in [1.807, 2.05) is 26.0 Å². The molecule has 0 fully saturated rings. The summed E-state index contributed by atoms with van der Waals surface area (Å²) >= 11 is 0. The van der Waals surface area contributed by atoms with Gasteiger partial charge in [-0.2, -0.15) is 0 Å². The van der Waals surface area contributed by atoms with Crippen LogP contribution in [0.2, 0.25) is 0 Å². The van der Waals surface area contributed by atoms with E-state index in [1.54, 1.807) is 6.07 Å². The number of aryl methyl sites for hydroxylation is 2. The topological polar surface area (TPSA) is 33.4 Å². The quantitative estimate of drug-likeness (QED) is 0.724. The van der Waals surface area contributed by atoms with Crippen molar-refractivity contribution in [3.8, 4) is 5.75 Å². The van der Waals surface area contributed by atoms with Crippen molar-refractivity contribution in [2.45, 2.75) is 20.3 Å². The molecule has 0 unspecified atom stereocenters. The fourth-order valence-corrected chi connectivity index (χ4v) is 1.47. The van der Waals surface area contributed by atoms with Gasteiger partial charge in [0.2, 0.25) is 0 Å². The fraction of sp³-hybridized carbons (Fsp3) is 0.273. The zero-order valence-electron chi connectivity index (χ0n) is 7.79. The molecule has 0 atom stereocenters. The van der Waals surface area contributed by atoms with Gasteiger partial charge in [-0.3, -0.25) is 0 Å². The molecule has 0 aliphatic carbocycles. The summed E-state index contributed by atoms with van der Waals surface area (Å²) in [4.78, 5) is 0. The van der Waals surface area contributed by atoms with Gasteiger partial charge >= 0.3 is 0 Å². The smallest absolute Gasteiger partial charge is 0.176 e. The Morgan fingerprint density at radius 1 is 1.38 bits per heavy atom. The van der Waals surface area contributed by atoms with Crippen LogP contribution in [-0.4, -0.2) is 5.11 Å². The van der Waals surface area contributed by atoms with E-state index in [0.29, 0.717) is 5.58 Å². The Morgan fingerprint density at radius 3 is 2.77 bits per heavy atom. The van der Waals surface area contributed by atoms with Gasteiger partial charge in [-0.1, -0.05) is 13.0 Å². The van der Waals surface area contributed by atoms with Crippen LogP contribution in [0.25, 0.3) is 11.0 Å². The monoisotopic (exact) mass is 176 g/mol. The first kappa shape index (κ1) is 8.17. The van der Waals surface area contributed by atoms with Gasteiger partial charge < -0.3 is 9.52 Å². The molecule has 0 radical (unpaired) electrons. The molecule has 68 valence electrons. The summed E-state index contributed by atoms with van der Waals surface area (Å²) in [6.45, 7) is 4.04. The Morgan fingerprint density at radius 2 is 2.15 bits per heavy atom. The third-order valence-electron chi connectivity index (χ3n) is 2.28.